The number of hydrogen-bond acceptors (Lipinski definition) is 7. The molecule has 2 aliphatic rings. The van der Waals surface area contributed by atoms with Crippen molar-refractivity contribution in [2.45, 2.75) is 5.92 Å². The number of allylic oxidation sites excluding steroid dienone is 1. The lowest BCUT2D eigenvalue weighted by Crippen LogP contribution is -2.21. The maximum Gasteiger partial charge on any atom is 0.244 e. The fourth-order valence-electron chi connectivity index (χ4n) is 3.32. The van der Waals surface area contributed by atoms with Crippen LogP contribution in [0.1, 0.15) is 17.0 Å². The highest BCUT2D eigenvalue weighted by Gasteiger charge is 2.37. The molecular weight excluding hydrogens is 388 g/mol. The summed E-state index contributed by atoms with van der Waals surface area (Å²) < 4.78 is 16.5. The van der Waals surface area contributed by atoms with Crippen LogP contribution in [0.2, 0.25) is 5.02 Å². The van der Waals surface area contributed by atoms with Gasteiger partial charge in [0.05, 0.1) is 22.1 Å². The van der Waals surface area contributed by atoms with Crippen molar-refractivity contribution >= 4 is 22.9 Å². The molecule has 5 rings (SSSR count). The van der Waals surface area contributed by atoms with E-state index in [2.05, 4.69) is 16.3 Å². The SMILES string of the molecule is N#CC1=C(N)Oc2n[nH]c(-c3cccs3)c2C1c1cc2c(cc1Cl)OCO2. The highest BCUT2D eigenvalue weighted by atomic mass is 35.5. The minimum atomic E-state index is -0.545. The van der Waals surface area contributed by atoms with Crippen molar-refractivity contribution in [1.29, 1.82) is 5.26 Å². The van der Waals surface area contributed by atoms with Crippen molar-refractivity contribution in [2.75, 3.05) is 6.79 Å². The van der Waals surface area contributed by atoms with Gasteiger partial charge in [-0.25, -0.2) is 0 Å². The predicted molar refractivity (Wildman–Crippen MR) is 98.8 cm³/mol. The number of nitriles is 1. The molecule has 0 spiro atoms. The molecule has 0 saturated carbocycles. The lowest BCUT2D eigenvalue weighted by Gasteiger charge is -2.24. The Kier molecular flexibility index (Phi) is 3.53. The van der Waals surface area contributed by atoms with E-state index in [-0.39, 0.29) is 18.2 Å². The van der Waals surface area contributed by atoms with E-state index in [0.717, 1.165) is 10.6 Å². The molecule has 3 N–H and O–H groups in total. The molecule has 0 saturated heterocycles. The van der Waals surface area contributed by atoms with Crippen molar-refractivity contribution in [2.24, 2.45) is 5.73 Å². The van der Waals surface area contributed by atoms with Crippen LogP contribution in [0.5, 0.6) is 17.4 Å². The Labute approximate surface area is 162 Å². The van der Waals surface area contributed by atoms with Gasteiger partial charge < -0.3 is 19.9 Å². The van der Waals surface area contributed by atoms with Gasteiger partial charge in [-0.05, 0) is 23.1 Å². The van der Waals surface area contributed by atoms with Gasteiger partial charge in [-0.1, -0.05) is 17.7 Å². The Hall–Kier alpha value is -3.15. The average molecular weight is 399 g/mol. The van der Waals surface area contributed by atoms with E-state index in [9.17, 15) is 5.26 Å². The largest absolute Gasteiger partial charge is 0.454 e. The lowest BCUT2D eigenvalue weighted by molar-refractivity contribution is 0.174. The van der Waals surface area contributed by atoms with Crippen LogP contribution in [0.25, 0.3) is 10.6 Å². The highest BCUT2D eigenvalue weighted by Crippen LogP contribution is 2.50. The van der Waals surface area contributed by atoms with Crippen molar-refractivity contribution < 1.29 is 14.2 Å². The highest BCUT2D eigenvalue weighted by molar-refractivity contribution is 7.13. The summed E-state index contributed by atoms with van der Waals surface area (Å²) in [6, 6.07) is 9.53. The van der Waals surface area contributed by atoms with Gasteiger partial charge in [-0.15, -0.1) is 16.4 Å². The summed E-state index contributed by atoms with van der Waals surface area (Å²) in [6.07, 6.45) is 0. The molecule has 27 heavy (non-hydrogen) atoms. The van der Waals surface area contributed by atoms with E-state index < -0.39 is 5.92 Å². The van der Waals surface area contributed by atoms with E-state index in [0.29, 0.717) is 33.5 Å². The van der Waals surface area contributed by atoms with E-state index in [1.807, 2.05) is 17.5 Å². The number of hydrogen-bond donors (Lipinski definition) is 2. The summed E-state index contributed by atoms with van der Waals surface area (Å²) in [6.45, 7) is 0.128. The molecule has 2 aromatic heterocycles. The summed E-state index contributed by atoms with van der Waals surface area (Å²) in [5, 5.41) is 19.4. The third-order valence-corrected chi connectivity index (χ3v) is 5.72. The molecule has 0 amide bonds. The summed E-state index contributed by atoms with van der Waals surface area (Å²) in [4.78, 5) is 0.965. The number of aromatic nitrogens is 2. The first-order valence-electron chi connectivity index (χ1n) is 7.96. The summed E-state index contributed by atoms with van der Waals surface area (Å²) >= 11 is 8.09. The van der Waals surface area contributed by atoms with Crippen LogP contribution in [-0.2, 0) is 0 Å². The van der Waals surface area contributed by atoms with Crippen LogP contribution in [0.4, 0.5) is 0 Å². The second-order valence-corrected chi connectivity index (χ2v) is 7.30. The molecule has 0 radical (unpaired) electrons. The molecule has 0 bridgehead atoms. The zero-order chi connectivity index (χ0) is 18.5. The number of aromatic amines is 1. The molecule has 2 aliphatic heterocycles. The number of nitrogens with zero attached hydrogens (tertiary/aromatic N) is 2. The van der Waals surface area contributed by atoms with Gasteiger partial charge in [-0.3, -0.25) is 5.10 Å². The van der Waals surface area contributed by atoms with E-state index >= 15 is 0 Å². The fraction of sp³-hybridized carbons (Fsp3) is 0.111. The van der Waals surface area contributed by atoms with Gasteiger partial charge in [0.2, 0.25) is 18.6 Å². The van der Waals surface area contributed by atoms with Crippen LogP contribution in [0, 0.1) is 11.3 Å². The van der Waals surface area contributed by atoms with Gasteiger partial charge in [-0.2, -0.15) is 5.26 Å². The number of nitrogens with one attached hydrogen (secondary N) is 1. The monoisotopic (exact) mass is 398 g/mol. The molecule has 0 aliphatic carbocycles. The minimum Gasteiger partial charge on any atom is -0.454 e. The number of benzene rings is 1. The van der Waals surface area contributed by atoms with Crippen molar-refractivity contribution in [3.63, 3.8) is 0 Å². The first-order valence-corrected chi connectivity index (χ1v) is 9.22. The number of fused-ring (bicyclic) bond motifs is 2. The Morgan fingerprint density at radius 2 is 2.15 bits per heavy atom. The average Bonchev–Trinajstić information content (AvgIpc) is 3.39. The molecule has 7 nitrogen and oxygen atoms in total. The van der Waals surface area contributed by atoms with Crippen LogP contribution in [0.3, 0.4) is 0 Å². The third kappa shape index (κ3) is 2.36. The topological polar surface area (TPSA) is 106 Å². The van der Waals surface area contributed by atoms with Gasteiger partial charge >= 0.3 is 0 Å². The number of rotatable bonds is 2. The summed E-state index contributed by atoms with van der Waals surface area (Å²) in [5.41, 5.74) is 8.42. The maximum absolute atomic E-state index is 9.77. The Morgan fingerprint density at radius 3 is 2.89 bits per heavy atom. The van der Waals surface area contributed by atoms with Gasteiger partial charge in [0.25, 0.3) is 0 Å². The summed E-state index contributed by atoms with van der Waals surface area (Å²) in [7, 11) is 0. The minimum absolute atomic E-state index is 0.00737. The van der Waals surface area contributed by atoms with Gasteiger partial charge in [0.1, 0.15) is 11.6 Å². The van der Waals surface area contributed by atoms with Crippen molar-refractivity contribution in [3.8, 4) is 34.0 Å². The molecule has 9 heteroatoms. The molecule has 3 aromatic rings. The Morgan fingerprint density at radius 1 is 1.33 bits per heavy atom. The van der Waals surface area contributed by atoms with Crippen LogP contribution in [0.15, 0.2) is 41.1 Å². The number of ether oxygens (including phenoxy) is 3. The van der Waals surface area contributed by atoms with Gasteiger partial charge in [0, 0.05) is 11.1 Å². The molecule has 0 fully saturated rings. The molecule has 1 atom stereocenters. The van der Waals surface area contributed by atoms with Crippen LogP contribution in [-0.4, -0.2) is 17.0 Å². The zero-order valence-corrected chi connectivity index (χ0v) is 15.2. The first-order chi connectivity index (χ1) is 13.2. The molecule has 1 aromatic carbocycles. The molecular formula is C18H11ClN4O3S. The lowest BCUT2D eigenvalue weighted by atomic mass is 9.83. The van der Waals surface area contributed by atoms with E-state index in [1.54, 1.807) is 23.5 Å². The quantitative estimate of drug-likeness (QED) is 0.681. The Bertz CT molecular complexity index is 1130. The molecule has 134 valence electrons. The Balaban J connectivity index is 1.77. The molecule has 1 unspecified atom stereocenters. The van der Waals surface area contributed by atoms with E-state index in [4.69, 9.17) is 31.5 Å². The number of thiophene rings is 1. The fourth-order valence-corrected chi connectivity index (χ4v) is 4.32. The van der Waals surface area contributed by atoms with Gasteiger partial charge in [0.15, 0.2) is 11.5 Å². The zero-order valence-electron chi connectivity index (χ0n) is 13.7. The number of H-pyrrole nitrogens is 1. The van der Waals surface area contributed by atoms with Crippen LogP contribution >= 0.6 is 22.9 Å². The second-order valence-electron chi connectivity index (χ2n) is 5.95. The van der Waals surface area contributed by atoms with Crippen molar-refractivity contribution in [1.82, 2.24) is 10.2 Å². The number of halogens is 1. The van der Waals surface area contributed by atoms with Crippen LogP contribution < -0.4 is 19.9 Å². The standard InChI is InChI=1S/C18H11ClN4O3S/c19-10-5-12-11(24-7-25-12)4-8(10)14-9(6-20)17(21)26-18-15(14)16(22-23-18)13-2-1-3-27-13/h1-5,14H,7,21H2,(H,22,23). The predicted octanol–water partition coefficient (Wildman–Crippen LogP) is 3.74. The second kappa shape index (κ2) is 5.94. The van der Waals surface area contributed by atoms with E-state index in [1.165, 1.54) is 0 Å². The maximum atomic E-state index is 9.77. The normalized spacial score (nSPS) is 17.4. The number of nitrogens with two attached hydrogens (primary N) is 1. The summed E-state index contributed by atoms with van der Waals surface area (Å²) in [5.74, 6) is 0.926. The smallest absolute Gasteiger partial charge is 0.244 e. The first kappa shape index (κ1) is 16.1. The molecule has 4 heterocycles. The third-order valence-electron chi connectivity index (χ3n) is 4.51. The van der Waals surface area contributed by atoms with Crippen molar-refractivity contribution in [3.05, 3.63) is 57.3 Å².